The molecule has 0 aliphatic carbocycles. The molecule has 2 N–H and O–H groups in total. The maximum atomic E-state index is 5.61. The molecule has 1 aliphatic heterocycles. The molecule has 0 aromatic carbocycles. The van der Waals surface area contributed by atoms with Crippen LogP contribution in [-0.4, -0.2) is 30.6 Å². The maximum absolute atomic E-state index is 5.61. The van der Waals surface area contributed by atoms with E-state index in [9.17, 15) is 0 Å². The zero-order valence-corrected chi connectivity index (χ0v) is 7.55. The summed E-state index contributed by atoms with van der Waals surface area (Å²) in [6, 6.07) is 0.591. The van der Waals surface area contributed by atoms with Crippen LogP contribution in [0.4, 0.5) is 0 Å². The minimum absolute atomic E-state index is 0.591. The Hall–Kier alpha value is -0.0800. The average Bonchev–Trinajstić information content (AvgIpc) is 2.30. The number of hydrogen-bond donors (Lipinski definition) is 1. The van der Waals surface area contributed by atoms with Gasteiger partial charge in [-0.3, -0.25) is 4.90 Å². The van der Waals surface area contributed by atoms with Crippen molar-refractivity contribution in [1.29, 1.82) is 0 Å². The van der Waals surface area contributed by atoms with Crippen molar-refractivity contribution in [2.75, 3.05) is 19.6 Å². The summed E-state index contributed by atoms with van der Waals surface area (Å²) in [5.74, 6) is 0. The van der Waals surface area contributed by atoms with E-state index in [1.165, 1.54) is 38.8 Å². The third kappa shape index (κ3) is 2.80. The Morgan fingerprint density at radius 1 is 1.18 bits per heavy atom. The number of rotatable bonds is 2. The van der Waals surface area contributed by atoms with Gasteiger partial charge in [0.05, 0.1) is 0 Å². The van der Waals surface area contributed by atoms with E-state index in [-0.39, 0.29) is 0 Å². The van der Waals surface area contributed by atoms with Gasteiger partial charge in [0.25, 0.3) is 0 Å². The lowest BCUT2D eigenvalue weighted by molar-refractivity contribution is 0.222. The fourth-order valence-corrected chi connectivity index (χ4v) is 1.68. The van der Waals surface area contributed by atoms with Crippen molar-refractivity contribution < 1.29 is 0 Å². The van der Waals surface area contributed by atoms with E-state index in [0.29, 0.717) is 6.04 Å². The van der Waals surface area contributed by atoms with Crippen LogP contribution in [0.1, 0.15) is 32.6 Å². The first-order chi connectivity index (χ1) is 5.34. The van der Waals surface area contributed by atoms with Crippen LogP contribution in [0, 0.1) is 0 Å². The number of nitrogens with two attached hydrogens (primary N) is 1. The molecular weight excluding hydrogens is 136 g/mol. The van der Waals surface area contributed by atoms with Crippen molar-refractivity contribution in [3.05, 3.63) is 0 Å². The summed E-state index contributed by atoms with van der Waals surface area (Å²) < 4.78 is 0. The molecule has 1 saturated heterocycles. The third-order valence-electron chi connectivity index (χ3n) is 2.61. The first-order valence-electron chi connectivity index (χ1n) is 4.78. The number of nitrogens with zero attached hydrogens (tertiary/aromatic N) is 1. The molecule has 1 rings (SSSR count). The van der Waals surface area contributed by atoms with E-state index in [0.717, 1.165) is 6.54 Å². The first-order valence-corrected chi connectivity index (χ1v) is 4.78. The Balaban J connectivity index is 2.30. The van der Waals surface area contributed by atoms with E-state index in [1.54, 1.807) is 0 Å². The Kier molecular flexibility index (Phi) is 3.87. The van der Waals surface area contributed by atoms with Crippen LogP contribution >= 0.6 is 0 Å². The van der Waals surface area contributed by atoms with Gasteiger partial charge in [0.1, 0.15) is 0 Å². The number of likely N-dealkylation sites (tertiary alicyclic amines) is 1. The Bertz CT molecular complexity index is 95.7. The molecule has 2 nitrogen and oxygen atoms in total. The monoisotopic (exact) mass is 156 g/mol. The van der Waals surface area contributed by atoms with Crippen LogP contribution in [0.25, 0.3) is 0 Å². The van der Waals surface area contributed by atoms with Gasteiger partial charge >= 0.3 is 0 Å². The quantitative estimate of drug-likeness (QED) is 0.651. The summed E-state index contributed by atoms with van der Waals surface area (Å²) in [6.45, 7) is 5.56. The summed E-state index contributed by atoms with van der Waals surface area (Å²) in [5.41, 5.74) is 5.61. The summed E-state index contributed by atoms with van der Waals surface area (Å²) in [4.78, 5) is 2.52. The Morgan fingerprint density at radius 2 is 1.73 bits per heavy atom. The topological polar surface area (TPSA) is 29.3 Å². The highest BCUT2D eigenvalue weighted by atomic mass is 15.2. The summed E-state index contributed by atoms with van der Waals surface area (Å²) in [6.07, 6.45) is 5.55. The lowest BCUT2D eigenvalue weighted by Crippen LogP contribution is -2.38. The highest BCUT2D eigenvalue weighted by Gasteiger charge is 2.13. The van der Waals surface area contributed by atoms with Crippen molar-refractivity contribution in [1.82, 2.24) is 4.90 Å². The molecule has 0 saturated carbocycles. The lowest BCUT2D eigenvalue weighted by Gasteiger charge is -2.26. The van der Waals surface area contributed by atoms with Crippen LogP contribution in [0.3, 0.4) is 0 Å². The molecular formula is C9H20N2. The summed E-state index contributed by atoms with van der Waals surface area (Å²) in [5, 5.41) is 0. The molecule has 66 valence electrons. The van der Waals surface area contributed by atoms with E-state index in [2.05, 4.69) is 11.8 Å². The molecule has 1 aliphatic rings. The van der Waals surface area contributed by atoms with Gasteiger partial charge in [-0.25, -0.2) is 0 Å². The van der Waals surface area contributed by atoms with Crippen LogP contribution in [0.5, 0.6) is 0 Å². The van der Waals surface area contributed by atoms with Crippen molar-refractivity contribution in [2.45, 2.75) is 38.6 Å². The highest BCUT2D eigenvalue weighted by molar-refractivity contribution is 4.70. The largest absolute Gasteiger partial charge is 0.329 e. The van der Waals surface area contributed by atoms with Crippen molar-refractivity contribution in [2.24, 2.45) is 5.73 Å². The highest BCUT2D eigenvalue weighted by Crippen LogP contribution is 2.11. The average molecular weight is 156 g/mol. The predicted octanol–water partition coefficient (Wildman–Crippen LogP) is 1.21. The minimum Gasteiger partial charge on any atom is -0.329 e. The van der Waals surface area contributed by atoms with Crippen LogP contribution in [0.2, 0.25) is 0 Å². The molecule has 0 radical (unpaired) electrons. The van der Waals surface area contributed by atoms with Crippen LogP contribution in [0.15, 0.2) is 0 Å². The molecule has 0 spiro atoms. The normalized spacial score (nSPS) is 24.5. The van der Waals surface area contributed by atoms with Gasteiger partial charge in [0.15, 0.2) is 0 Å². The summed E-state index contributed by atoms with van der Waals surface area (Å²) >= 11 is 0. The van der Waals surface area contributed by atoms with E-state index < -0.39 is 0 Å². The molecule has 1 heterocycles. The van der Waals surface area contributed by atoms with Gasteiger partial charge < -0.3 is 5.73 Å². The fourth-order valence-electron chi connectivity index (χ4n) is 1.68. The van der Waals surface area contributed by atoms with E-state index in [1.807, 2.05) is 0 Å². The van der Waals surface area contributed by atoms with Crippen LogP contribution in [-0.2, 0) is 0 Å². The minimum atomic E-state index is 0.591. The molecule has 2 heteroatoms. The molecule has 0 aromatic heterocycles. The molecule has 0 bridgehead atoms. The summed E-state index contributed by atoms with van der Waals surface area (Å²) in [7, 11) is 0. The van der Waals surface area contributed by atoms with Gasteiger partial charge in [-0.05, 0) is 32.9 Å². The fraction of sp³-hybridized carbons (Fsp3) is 1.00. The van der Waals surface area contributed by atoms with Crippen molar-refractivity contribution >= 4 is 0 Å². The Morgan fingerprint density at radius 3 is 2.18 bits per heavy atom. The third-order valence-corrected chi connectivity index (χ3v) is 2.61. The lowest BCUT2D eigenvalue weighted by atomic mass is 10.2. The van der Waals surface area contributed by atoms with Crippen molar-refractivity contribution in [3.63, 3.8) is 0 Å². The standard InChI is InChI=1S/C9H20N2/c1-9(8-10)11-6-4-2-3-5-7-11/h9H,2-8,10H2,1H3. The molecule has 1 unspecified atom stereocenters. The van der Waals surface area contributed by atoms with E-state index in [4.69, 9.17) is 5.73 Å². The van der Waals surface area contributed by atoms with E-state index >= 15 is 0 Å². The second kappa shape index (κ2) is 4.73. The van der Waals surface area contributed by atoms with Crippen molar-refractivity contribution in [3.8, 4) is 0 Å². The molecule has 1 fully saturated rings. The SMILES string of the molecule is CC(CN)N1CCCCCC1. The smallest absolute Gasteiger partial charge is 0.0190 e. The predicted molar refractivity (Wildman–Crippen MR) is 48.6 cm³/mol. The van der Waals surface area contributed by atoms with Gasteiger partial charge in [-0.2, -0.15) is 0 Å². The number of hydrogen-bond acceptors (Lipinski definition) is 2. The second-order valence-corrected chi connectivity index (χ2v) is 3.53. The van der Waals surface area contributed by atoms with Gasteiger partial charge in [-0.15, -0.1) is 0 Å². The molecule has 1 atom stereocenters. The molecule has 0 amide bonds. The second-order valence-electron chi connectivity index (χ2n) is 3.53. The van der Waals surface area contributed by atoms with Crippen LogP contribution < -0.4 is 5.73 Å². The van der Waals surface area contributed by atoms with Gasteiger partial charge in [-0.1, -0.05) is 12.8 Å². The Labute approximate surface area is 69.8 Å². The van der Waals surface area contributed by atoms with Gasteiger partial charge in [0, 0.05) is 12.6 Å². The molecule has 0 aromatic rings. The first kappa shape index (κ1) is 9.01. The van der Waals surface area contributed by atoms with Gasteiger partial charge in [0.2, 0.25) is 0 Å². The molecule has 11 heavy (non-hydrogen) atoms. The zero-order chi connectivity index (χ0) is 8.10. The zero-order valence-electron chi connectivity index (χ0n) is 7.55. The maximum Gasteiger partial charge on any atom is 0.0190 e.